The first-order valence-corrected chi connectivity index (χ1v) is 9.23. The molecule has 6 heteroatoms. The SMILES string of the molecule is O=C(NC1CC1c1ccccc1)c1c[nH]n2c(=O)cc(-c3ccccc3)nc12. The molecule has 0 spiro atoms. The molecule has 4 aromatic rings. The Morgan fingerprint density at radius 3 is 2.54 bits per heavy atom. The van der Waals surface area contributed by atoms with Crippen LogP contribution in [0.25, 0.3) is 16.9 Å². The second-order valence-electron chi connectivity index (χ2n) is 7.02. The standard InChI is InChI=1S/C22H18N4O2/c27-20-12-18(15-9-5-2-6-10-15)24-21-17(13-23-26(20)21)22(28)25-19-11-16(19)14-7-3-1-4-8-14/h1-10,12-13,16,19,23H,11H2,(H,25,28). The van der Waals surface area contributed by atoms with Crippen LogP contribution < -0.4 is 10.9 Å². The van der Waals surface area contributed by atoms with Gasteiger partial charge in [-0.1, -0.05) is 60.7 Å². The van der Waals surface area contributed by atoms with Crippen LogP contribution in [-0.2, 0) is 0 Å². The third kappa shape index (κ3) is 2.89. The number of carbonyl (C=O) groups excluding carboxylic acids is 1. The Morgan fingerprint density at radius 1 is 1.07 bits per heavy atom. The molecule has 1 fully saturated rings. The summed E-state index contributed by atoms with van der Waals surface area (Å²) in [6.07, 6.45) is 2.45. The zero-order valence-electron chi connectivity index (χ0n) is 15.0. The normalized spacial score (nSPS) is 18.1. The maximum absolute atomic E-state index is 12.8. The number of H-pyrrole nitrogens is 1. The summed E-state index contributed by atoms with van der Waals surface area (Å²) in [4.78, 5) is 29.8. The lowest BCUT2D eigenvalue weighted by molar-refractivity contribution is 0.0951. The predicted molar refractivity (Wildman–Crippen MR) is 106 cm³/mol. The number of nitrogens with zero attached hydrogens (tertiary/aromatic N) is 2. The van der Waals surface area contributed by atoms with Gasteiger partial charge in [-0.05, 0) is 12.0 Å². The Bertz CT molecular complexity index is 1210. The highest BCUT2D eigenvalue weighted by Gasteiger charge is 2.39. The summed E-state index contributed by atoms with van der Waals surface area (Å²) >= 11 is 0. The maximum atomic E-state index is 12.8. The minimum Gasteiger partial charge on any atom is -0.348 e. The van der Waals surface area contributed by atoms with Gasteiger partial charge in [0.1, 0.15) is 5.56 Å². The zero-order chi connectivity index (χ0) is 19.1. The number of aromatic amines is 1. The third-order valence-corrected chi connectivity index (χ3v) is 5.15. The van der Waals surface area contributed by atoms with E-state index >= 15 is 0 Å². The summed E-state index contributed by atoms with van der Waals surface area (Å²) in [7, 11) is 0. The van der Waals surface area contributed by atoms with Crippen LogP contribution in [0.1, 0.15) is 28.3 Å². The number of amides is 1. The van der Waals surface area contributed by atoms with E-state index in [4.69, 9.17) is 0 Å². The van der Waals surface area contributed by atoms with Gasteiger partial charge in [-0.15, -0.1) is 0 Å². The summed E-state index contributed by atoms with van der Waals surface area (Å²) in [5.41, 5.74) is 3.06. The van der Waals surface area contributed by atoms with Gasteiger partial charge in [0.25, 0.3) is 11.5 Å². The van der Waals surface area contributed by atoms with Crippen molar-refractivity contribution in [3.8, 4) is 11.3 Å². The highest BCUT2D eigenvalue weighted by Crippen LogP contribution is 2.40. The highest BCUT2D eigenvalue weighted by molar-refractivity contribution is 6.00. The van der Waals surface area contributed by atoms with E-state index in [0.717, 1.165) is 12.0 Å². The molecule has 0 bridgehead atoms. The molecule has 0 aliphatic heterocycles. The van der Waals surface area contributed by atoms with Crippen molar-refractivity contribution in [2.75, 3.05) is 0 Å². The quantitative estimate of drug-likeness (QED) is 0.580. The van der Waals surface area contributed by atoms with Crippen molar-refractivity contribution in [3.63, 3.8) is 0 Å². The molecule has 5 rings (SSSR count). The molecule has 2 atom stereocenters. The van der Waals surface area contributed by atoms with E-state index in [2.05, 4.69) is 27.5 Å². The molecule has 28 heavy (non-hydrogen) atoms. The average Bonchev–Trinajstić information content (AvgIpc) is 3.35. The molecule has 6 nitrogen and oxygen atoms in total. The topological polar surface area (TPSA) is 79.3 Å². The Balaban J connectivity index is 1.44. The first-order chi connectivity index (χ1) is 13.7. The average molecular weight is 370 g/mol. The van der Waals surface area contributed by atoms with Gasteiger partial charge in [0, 0.05) is 29.8 Å². The molecule has 0 radical (unpaired) electrons. The lowest BCUT2D eigenvalue weighted by Gasteiger charge is -2.05. The van der Waals surface area contributed by atoms with Gasteiger partial charge in [0.2, 0.25) is 0 Å². The van der Waals surface area contributed by atoms with Crippen molar-refractivity contribution in [1.29, 1.82) is 0 Å². The van der Waals surface area contributed by atoms with Gasteiger partial charge in [0.05, 0.1) is 5.69 Å². The van der Waals surface area contributed by atoms with Gasteiger partial charge in [-0.2, -0.15) is 0 Å². The van der Waals surface area contributed by atoms with Gasteiger partial charge < -0.3 is 5.32 Å². The Morgan fingerprint density at radius 2 is 1.79 bits per heavy atom. The summed E-state index contributed by atoms with van der Waals surface area (Å²) in [5.74, 6) is 0.116. The maximum Gasteiger partial charge on any atom is 0.273 e. The van der Waals surface area contributed by atoms with Crippen LogP contribution in [0, 0.1) is 0 Å². The van der Waals surface area contributed by atoms with Crippen LogP contribution in [0.15, 0.2) is 77.7 Å². The molecule has 0 saturated heterocycles. The lowest BCUT2D eigenvalue weighted by atomic mass is 10.1. The second kappa shape index (κ2) is 6.49. The lowest BCUT2D eigenvalue weighted by Crippen LogP contribution is -2.27. The predicted octanol–water partition coefficient (Wildman–Crippen LogP) is 2.98. The Kier molecular flexibility index (Phi) is 3.83. The fraction of sp³-hybridized carbons (Fsp3) is 0.136. The molecular formula is C22H18N4O2. The van der Waals surface area contributed by atoms with E-state index in [1.165, 1.54) is 22.3 Å². The molecule has 1 saturated carbocycles. The number of benzene rings is 2. The van der Waals surface area contributed by atoms with Gasteiger partial charge >= 0.3 is 0 Å². The van der Waals surface area contributed by atoms with E-state index in [-0.39, 0.29) is 17.5 Å². The van der Waals surface area contributed by atoms with E-state index < -0.39 is 0 Å². The van der Waals surface area contributed by atoms with Crippen molar-refractivity contribution in [3.05, 3.63) is 94.4 Å². The molecule has 2 aromatic carbocycles. The Labute approximate surface area is 160 Å². The molecule has 2 heterocycles. The van der Waals surface area contributed by atoms with Crippen LogP contribution in [0.2, 0.25) is 0 Å². The van der Waals surface area contributed by atoms with Crippen LogP contribution in [0.4, 0.5) is 0 Å². The number of hydrogen-bond donors (Lipinski definition) is 2. The summed E-state index contributed by atoms with van der Waals surface area (Å²) < 4.78 is 1.29. The second-order valence-corrected chi connectivity index (χ2v) is 7.02. The molecule has 138 valence electrons. The largest absolute Gasteiger partial charge is 0.348 e. The molecule has 1 aliphatic carbocycles. The number of fused-ring (bicyclic) bond motifs is 1. The van der Waals surface area contributed by atoms with Crippen molar-refractivity contribution >= 4 is 11.6 Å². The van der Waals surface area contributed by atoms with Crippen molar-refractivity contribution in [1.82, 2.24) is 19.9 Å². The number of nitrogens with one attached hydrogen (secondary N) is 2. The summed E-state index contributed by atoms with van der Waals surface area (Å²) in [5, 5.41) is 5.89. The van der Waals surface area contributed by atoms with Crippen LogP contribution in [-0.4, -0.2) is 26.5 Å². The van der Waals surface area contributed by atoms with E-state index in [1.54, 1.807) is 0 Å². The first kappa shape index (κ1) is 16.5. The fourth-order valence-corrected chi connectivity index (χ4v) is 3.57. The smallest absolute Gasteiger partial charge is 0.273 e. The molecule has 1 aliphatic rings. The van der Waals surface area contributed by atoms with Crippen molar-refractivity contribution in [2.45, 2.75) is 18.4 Å². The minimum atomic E-state index is -0.253. The zero-order valence-corrected chi connectivity index (χ0v) is 15.0. The number of aromatic nitrogens is 3. The van der Waals surface area contributed by atoms with Gasteiger partial charge in [-0.3, -0.25) is 14.7 Å². The molecule has 2 N–H and O–H groups in total. The summed E-state index contributed by atoms with van der Waals surface area (Å²) in [6, 6.07) is 21.2. The first-order valence-electron chi connectivity index (χ1n) is 9.23. The molecule has 2 aromatic heterocycles. The van der Waals surface area contributed by atoms with E-state index in [0.29, 0.717) is 22.8 Å². The van der Waals surface area contributed by atoms with Crippen LogP contribution in [0.3, 0.4) is 0 Å². The van der Waals surface area contributed by atoms with Gasteiger partial charge in [-0.25, -0.2) is 9.50 Å². The van der Waals surface area contributed by atoms with Crippen molar-refractivity contribution in [2.24, 2.45) is 0 Å². The third-order valence-electron chi connectivity index (χ3n) is 5.15. The fourth-order valence-electron chi connectivity index (χ4n) is 3.57. The van der Waals surface area contributed by atoms with E-state index in [9.17, 15) is 9.59 Å². The monoisotopic (exact) mass is 370 g/mol. The van der Waals surface area contributed by atoms with Crippen molar-refractivity contribution < 1.29 is 4.79 Å². The minimum absolute atomic E-state index is 0.105. The number of hydrogen-bond acceptors (Lipinski definition) is 3. The van der Waals surface area contributed by atoms with Crippen LogP contribution >= 0.6 is 0 Å². The molecule has 2 unspecified atom stereocenters. The number of rotatable bonds is 4. The summed E-state index contributed by atoms with van der Waals surface area (Å²) in [6.45, 7) is 0. The highest BCUT2D eigenvalue weighted by atomic mass is 16.2. The molecule has 1 amide bonds. The van der Waals surface area contributed by atoms with Gasteiger partial charge in [0.15, 0.2) is 5.65 Å². The number of carbonyl (C=O) groups is 1. The Hall–Kier alpha value is -3.67. The van der Waals surface area contributed by atoms with E-state index in [1.807, 2.05) is 48.5 Å². The molecular weight excluding hydrogens is 352 g/mol. The van der Waals surface area contributed by atoms with Crippen LogP contribution in [0.5, 0.6) is 0 Å².